The summed E-state index contributed by atoms with van der Waals surface area (Å²) < 4.78 is 12.0. The predicted molar refractivity (Wildman–Crippen MR) is 74.5 cm³/mol. The van der Waals surface area contributed by atoms with Crippen LogP contribution in [-0.2, 0) is 20.5 Å². The maximum atomic E-state index is 10.5. The van der Waals surface area contributed by atoms with Gasteiger partial charge in [0, 0.05) is 12.6 Å². The maximum absolute atomic E-state index is 10.5. The lowest BCUT2D eigenvalue weighted by atomic mass is 9.81. The van der Waals surface area contributed by atoms with Gasteiger partial charge in [-0.05, 0) is 45.7 Å². The van der Waals surface area contributed by atoms with E-state index < -0.39 is 7.12 Å². The van der Waals surface area contributed by atoms with Crippen molar-refractivity contribution >= 4 is 19.0 Å². The van der Waals surface area contributed by atoms with Crippen LogP contribution in [0.5, 0.6) is 0 Å². The molecule has 0 spiro atoms. The summed E-state index contributed by atoms with van der Waals surface area (Å²) in [5, 5.41) is 0. The first-order chi connectivity index (χ1) is 8.77. The molecule has 19 heavy (non-hydrogen) atoms. The van der Waals surface area contributed by atoms with Gasteiger partial charge in [0.15, 0.2) is 0 Å². The fourth-order valence-corrected chi connectivity index (χ4v) is 2.05. The van der Waals surface area contributed by atoms with E-state index in [1.165, 1.54) is 0 Å². The quantitative estimate of drug-likeness (QED) is 0.610. The monoisotopic (exact) mass is 261 g/mol. The molecule has 0 amide bonds. The van der Waals surface area contributed by atoms with Crippen molar-refractivity contribution in [2.45, 2.75) is 52.2 Å². The van der Waals surface area contributed by atoms with Crippen molar-refractivity contribution in [2.24, 2.45) is 0 Å². The Kier molecular flexibility index (Phi) is 3.54. The number of rotatable bonds is 3. The molecule has 0 radical (unpaired) electrons. The first kappa shape index (κ1) is 14.2. The minimum Gasteiger partial charge on any atom is -0.398 e. The van der Waals surface area contributed by atoms with Crippen LogP contribution >= 0.6 is 0 Å². The van der Waals surface area contributed by atoms with E-state index in [1.54, 1.807) is 6.20 Å². The highest BCUT2D eigenvalue weighted by atomic mass is 16.7. The molecule has 5 heteroatoms. The summed E-state index contributed by atoms with van der Waals surface area (Å²) in [6, 6.07) is 1.96. The van der Waals surface area contributed by atoms with E-state index in [1.807, 2.05) is 40.7 Å². The van der Waals surface area contributed by atoms with Gasteiger partial charge in [0.25, 0.3) is 0 Å². The molecular formula is C14H20BNO3. The van der Waals surface area contributed by atoms with Crippen LogP contribution in [0.25, 0.3) is 0 Å². The molecule has 0 bridgehead atoms. The molecule has 0 saturated carbocycles. The Bertz CT molecular complexity index is 483. The summed E-state index contributed by atoms with van der Waals surface area (Å²) >= 11 is 0. The number of nitrogens with zero attached hydrogens (tertiary/aromatic N) is 1. The van der Waals surface area contributed by atoms with Crippen molar-refractivity contribution in [1.82, 2.24) is 4.98 Å². The molecule has 1 aliphatic heterocycles. The highest BCUT2D eigenvalue weighted by molar-refractivity contribution is 6.61. The molecule has 4 nitrogen and oxygen atoms in total. The van der Waals surface area contributed by atoms with E-state index in [-0.39, 0.29) is 11.2 Å². The molecule has 0 aliphatic carbocycles. The summed E-state index contributed by atoms with van der Waals surface area (Å²) in [4.78, 5) is 14.9. The summed E-state index contributed by atoms with van der Waals surface area (Å²) in [5.41, 5.74) is 1.94. The van der Waals surface area contributed by atoms with Crippen LogP contribution in [0.3, 0.4) is 0 Å². The molecule has 2 heterocycles. The molecule has 1 aromatic rings. The van der Waals surface area contributed by atoms with Crippen LogP contribution in [0.1, 0.15) is 38.8 Å². The zero-order valence-electron chi connectivity index (χ0n) is 12.2. The van der Waals surface area contributed by atoms with Gasteiger partial charge >= 0.3 is 7.12 Å². The third kappa shape index (κ3) is 2.58. The van der Waals surface area contributed by atoms with Gasteiger partial charge in [0.2, 0.25) is 0 Å². The summed E-state index contributed by atoms with van der Waals surface area (Å²) in [5.74, 6) is 0. The van der Waals surface area contributed by atoms with Crippen LogP contribution in [0.15, 0.2) is 12.3 Å². The van der Waals surface area contributed by atoms with E-state index in [0.29, 0.717) is 6.42 Å². The van der Waals surface area contributed by atoms with Gasteiger partial charge in [0.1, 0.15) is 6.29 Å². The van der Waals surface area contributed by atoms with Crippen molar-refractivity contribution in [3.05, 3.63) is 23.4 Å². The van der Waals surface area contributed by atoms with Crippen molar-refractivity contribution in [1.29, 1.82) is 0 Å². The van der Waals surface area contributed by atoms with E-state index in [4.69, 9.17) is 9.31 Å². The molecule has 1 fully saturated rings. The Morgan fingerprint density at radius 2 is 1.84 bits per heavy atom. The molecule has 1 aromatic heterocycles. The molecule has 2 rings (SSSR count). The number of pyridine rings is 1. The number of carbonyl (C=O) groups is 1. The van der Waals surface area contributed by atoms with Crippen LogP contribution in [0, 0.1) is 6.92 Å². The molecule has 0 unspecified atom stereocenters. The van der Waals surface area contributed by atoms with Crippen LogP contribution in [-0.4, -0.2) is 29.6 Å². The minimum atomic E-state index is -0.449. The highest BCUT2D eigenvalue weighted by Gasteiger charge is 2.52. The van der Waals surface area contributed by atoms with Gasteiger partial charge in [-0.25, -0.2) is 0 Å². The lowest BCUT2D eigenvalue weighted by Crippen LogP contribution is -2.41. The van der Waals surface area contributed by atoms with Crippen LogP contribution < -0.4 is 5.59 Å². The fourth-order valence-electron chi connectivity index (χ4n) is 2.05. The fraction of sp³-hybridized carbons (Fsp3) is 0.571. The van der Waals surface area contributed by atoms with Gasteiger partial charge in [-0.3, -0.25) is 4.98 Å². The van der Waals surface area contributed by atoms with Crippen LogP contribution in [0.4, 0.5) is 0 Å². The average molecular weight is 261 g/mol. The third-order valence-corrected chi connectivity index (χ3v) is 3.97. The van der Waals surface area contributed by atoms with E-state index in [2.05, 4.69) is 4.98 Å². The van der Waals surface area contributed by atoms with E-state index >= 15 is 0 Å². The van der Waals surface area contributed by atoms with E-state index in [0.717, 1.165) is 23.0 Å². The largest absolute Gasteiger partial charge is 0.514 e. The van der Waals surface area contributed by atoms with Crippen molar-refractivity contribution in [2.75, 3.05) is 0 Å². The normalized spacial score (nSPS) is 20.6. The van der Waals surface area contributed by atoms with Crippen molar-refractivity contribution in [3.63, 3.8) is 0 Å². The maximum Gasteiger partial charge on any atom is 0.514 e. The smallest absolute Gasteiger partial charge is 0.398 e. The van der Waals surface area contributed by atoms with Crippen molar-refractivity contribution in [3.8, 4) is 0 Å². The van der Waals surface area contributed by atoms with Gasteiger partial charge in [-0.1, -0.05) is 6.07 Å². The predicted octanol–water partition coefficient (Wildman–Crippen LogP) is 1.43. The first-order valence-electron chi connectivity index (χ1n) is 6.51. The Morgan fingerprint density at radius 1 is 1.26 bits per heavy atom. The molecule has 0 atom stereocenters. The summed E-state index contributed by atoms with van der Waals surface area (Å²) in [6.45, 7) is 10.0. The second kappa shape index (κ2) is 4.73. The Labute approximate surface area is 114 Å². The number of hydrogen-bond donors (Lipinski definition) is 0. The lowest BCUT2D eigenvalue weighted by Gasteiger charge is -2.32. The van der Waals surface area contributed by atoms with Crippen molar-refractivity contribution < 1.29 is 14.1 Å². The SMILES string of the molecule is Cc1cc(CC=O)cnc1B1OC(C)(C)C(C)(C)O1. The lowest BCUT2D eigenvalue weighted by molar-refractivity contribution is -0.107. The minimum absolute atomic E-state index is 0.368. The summed E-state index contributed by atoms with van der Waals surface area (Å²) in [6.07, 6.45) is 2.98. The molecule has 1 aliphatic rings. The Hall–Kier alpha value is -1.20. The van der Waals surface area contributed by atoms with Gasteiger partial charge in [0.05, 0.1) is 16.8 Å². The molecule has 1 saturated heterocycles. The second-order valence-corrected chi connectivity index (χ2v) is 6.00. The zero-order chi connectivity index (χ0) is 14.3. The third-order valence-electron chi connectivity index (χ3n) is 3.97. The highest BCUT2D eigenvalue weighted by Crippen LogP contribution is 2.36. The van der Waals surface area contributed by atoms with Gasteiger partial charge in [-0.15, -0.1) is 0 Å². The number of hydrogen-bond acceptors (Lipinski definition) is 4. The number of aromatic nitrogens is 1. The molecule has 0 aromatic carbocycles. The molecule has 0 N–H and O–H groups in total. The number of aldehydes is 1. The van der Waals surface area contributed by atoms with Gasteiger partial charge in [-0.2, -0.15) is 0 Å². The van der Waals surface area contributed by atoms with Crippen LogP contribution in [0.2, 0.25) is 0 Å². The number of aryl methyl sites for hydroxylation is 1. The number of carbonyl (C=O) groups excluding carboxylic acids is 1. The van der Waals surface area contributed by atoms with E-state index in [9.17, 15) is 4.79 Å². The second-order valence-electron chi connectivity index (χ2n) is 6.00. The average Bonchev–Trinajstić information content (AvgIpc) is 2.48. The first-order valence-corrected chi connectivity index (χ1v) is 6.51. The summed E-state index contributed by atoms with van der Waals surface area (Å²) in [7, 11) is -0.449. The Morgan fingerprint density at radius 3 is 2.32 bits per heavy atom. The zero-order valence-corrected chi connectivity index (χ0v) is 12.2. The van der Waals surface area contributed by atoms with Gasteiger partial charge < -0.3 is 14.1 Å². The standard InChI is InChI=1S/C14H20BNO3/c1-10-8-11(6-7-17)9-16-12(10)15-18-13(2,3)14(4,5)19-15/h7-9H,6H2,1-5H3. The topological polar surface area (TPSA) is 48.4 Å². The molecular weight excluding hydrogens is 241 g/mol. The molecule has 102 valence electrons. The Balaban J connectivity index is 2.27.